The molecule has 1 aliphatic heterocycles. The van der Waals surface area contributed by atoms with Gasteiger partial charge in [-0.2, -0.15) is 4.31 Å². The SMILES string of the molecule is COc1ccc(S(=O)(=O)N2CCCCC2)cc1NC(=S)Nc1cc(C)ccc1C. The van der Waals surface area contributed by atoms with Crippen LogP contribution in [0.25, 0.3) is 0 Å². The number of sulfonamides is 1. The molecule has 0 unspecified atom stereocenters. The number of hydrogen-bond acceptors (Lipinski definition) is 4. The topological polar surface area (TPSA) is 70.7 Å². The quantitative estimate of drug-likeness (QED) is 0.686. The predicted molar refractivity (Wildman–Crippen MR) is 121 cm³/mol. The van der Waals surface area contributed by atoms with Crippen LogP contribution >= 0.6 is 12.2 Å². The van der Waals surface area contributed by atoms with Crippen molar-refractivity contribution in [3.8, 4) is 5.75 Å². The van der Waals surface area contributed by atoms with Crippen LogP contribution in [0.15, 0.2) is 41.3 Å². The molecular weight excluding hydrogens is 406 g/mol. The first-order valence-electron chi connectivity index (χ1n) is 9.65. The average molecular weight is 434 g/mol. The van der Waals surface area contributed by atoms with Crippen LogP contribution in [-0.2, 0) is 10.0 Å². The van der Waals surface area contributed by atoms with Crippen LogP contribution in [0, 0.1) is 13.8 Å². The summed E-state index contributed by atoms with van der Waals surface area (Å²) in [7, 11) is -2.00. The largest absolute Gasteiger partial charge is 0.495 e. The van der Waals surface area contributed by atoms with E-state index < -0.39 is 10.0 Å². The van der Waals surface area contributed by atoms with Crippen molar-refractivity contribution in [3.05, 3.63) is 47.5 Å². The van der Waals surface area contributed by atoms with Crippen molar-refractivity contribution in [1.29, 1.82) is 0 Å². The summed E-state index contributed by atoms with van der Waals surface area (Å²) in [5.41, 5.74) is 3.59. The number of anilines is 2. The van der Waals surface area contributed by atoms with Gasteiger partial charge in [0.05, 0.1) is 17.7 Å². The molecule has 2 aromatic carbocycles. The van der Waals surface area contributed by atoms with Crippen LogP contribution in [0.3, 0.4) is 0 Å². The minimum Gasteiger partial charge on any atom is -0.495 e. The summed E-state index contributed by atoms with van der Waals surface area (Å²) in [6, 6.07) is 10.9. The predicted octanol–water partition coefficient (Wildman–Crippen LogP) is 4.30. The third kappa shape index (κ3) is 5.07. The molecule has 8 heteroatoms. The number of aryl methyl sites for hydroxylation is 2. The molecule has 3 rings (SSSR count). The molecule has 1 saturated heterocycles. The molecule has 2 aromatic rings. The van der Waals surface area contributed by atoms with E-state index in [0.717, 1.165) is 36.1 Å². The zero-order valence-electron chi connectivity index (χ0n) is 17.0. The molecule has 0 saturated carbocycles. The van der Waals surface area contributed by atoms with Gasteiger partial charge in [-0.1, -0.05) is 18.6 Å². The third-order valence-electron chi connectivity index (χ3n) is 5.01. The van der Waals surface area contributed by atoms with Crippen molar-refractivity contribution in [2.45, 2.75) is 38.0 Å². The normalized spacial score (nSPS) is 15.0. The number of ether oxygens (including phenoxy) is 1. The molecule has 6 nitrogen and oxygen atoms in total. The number of thiocarbonyl (C=S) groups is 1. The summed E-state index contributed by atoms with van der Waals surface area (Å²) in [6.45, 7) is 5.13. The van der Waals surface area contributed by atoms with Crippen molar-refractivity contribution in [1.82, 2.24) is 4.31 Å². The molecule has 0 amide bonds. The van der Waals surface area contributed by atoms with Gasteiger partial charge in [0.25, 0.3) is 0 Å². The summed E-state index contributed by atoms with van der Waals surface area (Å²) < 4.78 is 33.0. The van der Waals surface area contributed by atoms with Gasteiger partial charge in [0.15, 0.2) is 5.11 Å². The number of rotatable bonds is 5. The fourth-order valence-electron chi connectivity index (χ4n) is 3.35. The van der Waals surface area contributed by atoms with Gasteiger partial charge < -0.3 is 15.4 Å². The monoisotopic (exact) mass is 433 g/mol. The number of nitrogens with zero attached hydrogens (tertiary/aromatic N) is 1. The van der Waals surface area contributed by atoms with Gasteiger partial charge in [-0.15, -0.1) is 0 Å². The van der Waals surface area contributed by atoms with E-state index in [4.69, 9.17) is 17.0 Å². The minimum absolute atomic E-state index is 0.234. The van der Waals surface area contributed by atoms with E-state index in [1.54, 1.807) is 29.6 Å². The molecule has 0 aliphatic carbocycles. The Kier molecular flexibility index (Phi) is 6.77. The molecule has 1 heterocycles. The van der Waals surface area contributed by atoms with E-state index >= 15 is 0 Å². The second kappa shape index (κ2) is 9.11. The van der Waals surface area contributed by atoms with Crippen molar-refractivity contribution >= 4 is 38.7 Å². The molecule has 1 aliphatic rings. The Morgan fingerprint density at radius 1 is 1.00 bits per heavy atom. The van der Waals surface area contributed by atoms with E-state index in [1.807, 2.05) is 32.0 Å². The molecule has 0 spiro atoms. The summed E-state index contributed by atoms with van der Waals surface area (Å²) in [6.07, 6.45) is 2.86. The number of nitrogens with one attached hydrogen (secondary N) is 2. The Labute approximate surface area is 178 Å². The summed E-state index contributed by atoms with van der Waals surface area (Å²) in [5.74, 6) is 0.521. The maximum atomic E-state index is 13.0. The molecule has 156 valence electrons. The Balaban J connectivity index is 1.83. The van der Waals surface area contributed by atoms with Gasteiger partial charge in [-0.05, 0) is 74.3 Å². The van der Waals surface area contributed by atoms with Crippen LogP contribution in [-0.4, -0.2) is 38.0 Å². The van der Waals surface area contributed by atoms with E-state index in [0.29, 0.717) is 29.6 Å². The molecule has 29 heavy (non-hydrogen) atoms. The summed E-state index contributed by atoms with van der Waals surface area (Å²) in [4.78, 5) is 0.234. The molecule has 1 fully saturated rings. The van der Waals surface area contributed by atoms with Gasteiger partial charge in [0.2, 0.25) is 10.0 Å². The Morgan fingerprint density at radius 3 is 2.38 bits per heavy atom. The minimum atomic E-state index is -3.54. The highest BCUT2D eigenvalue weighted by atomic mass is 32.2. The maximum absolute atomic E-state index is 13.0. The summed E-state index contributed by atoms with van der Waals surface area (Å²) in [5, 5.41) is 6.63. The zero-order chi connectivity index (χ0) is 21.0. The lowest BCUT2D eigenvalue weighted by Crippen LogP contribution is -2.35. The van der Waals surface area contributed by atoms with Crippen LogP contribution in [0.4, 0.5) is 11.4 Å². The van der Waals surface area contributed by atoms with Crippen molar-refractivity contribution in [2.75, 3.05) is 30.8 Å². The highest BCUT2D eigenvalue weighted by molar-refractivity contribution is 7.89. The maximum Gasteiger partial charge on any atom is 0.243 e. The second-order valence-electron chi connectivity index (χ2n) is 7.22. The lowest BCUT2D eigenvalue weighted by Gasteiger charge is -2.26. The molecule has 0 atom stereocenters. The third-order valence-corrected chi connectivity index (χ3v) is 7.11. The highest BCUT2D eigenvalue weighted by Crippen LogP contribution is 2.30. The van der Waals surface area contributed by atoms with E-state index in [9.17, 15) is 8.42 Å². The van der Waals surface area contributed by atoms with Gasteiger partial charge in [-0.3, -0.25) is 0 Å². The zero-order valence-corrected chi connectivity index (χ0v) is 18.6. The van der Waals surface area contributed by atoms with E-state index in [1.165, 1.54) is 0 Å². The number of piperidine rings is 1. The van der Waals surface area contributed by atoms with Crippen LogP contribution < -0.4 is 15.4 Å². The van der Waals surface area contributed by atoms with E-state index in [2.05, 4.69) is 10.6 Å². The van der Waals surface area contributed by atoms with Gasteiger partial charge in [0, 0.05) is 18.8 Å². The Hall–Kier alpha value is -2.16. The van der Waals surface area contributed by atoms with Crippen LogP contribution in [0.5, 0.6) is 5.75 Å². The molecular formula is C21H27N3O3S2. The Morgan fingerprint density at radius 2 is 1.69 bits per heavy atom. The number of hydrogen-bond donors (Lipinski definition) is 2. The van der Waals surface area contributed by atoms with Gasteiger partial charge >= 0.3 is 0 Å². The van der Waals surface area contributed by atoms with Crippen molar-refractivity contribution in [3.63, 3.8) is 0 Å². The highest BCUT2D eigenvalue weighted by Gasteiger charge is 2.26. The lowest BCUT2D eigenvalue weighted by atomic mass is 10.1. The van der Waals surface area contributed by atoms with Crippen LogP contribution in [0.2, 0.25) is 0 Å². The first kappa shape index (κ1) is 21.5. The fourth-order valence-corrected chi connectivity index (χ4v) is 5.11. The molecule has 0 aromatic heterocycles. The smallest absolute Gasteiger partial charge is 0.243 e. The van der Waals surface area contributed by atoms with Crippen molar-refractivity contribution in [2.24, 2.45) is 0 Å². The van der Waals surface area contributed by atoms with Crippen molar-refractivity contribution < 1.29 is 13.2 Å². The first-order valence-corrected chi connectivity index (χ1v) is 11.5. The second-order valence-corrected chi connectivity index (χ2v) is 9.57. The fraction of sp³-hybridized carbons (Fsp3) is 0.381. The van der Waals surface area contributed by atoms with Gasteiger partial charge in [0.1, 0.15) is 5.75 Å². The molecule has 0 bridgehead atoms. The molecule has 0 radical (unpaired) electrons. The Bertz CT molecular complexity index is 1000. The number of benzene rings is 2. The lowest BCUT2D eigenvalue weighted by molar-refractivity contribution is 0.346. The summed E-state index contributed by atoms with van der Waals surface area (Å²) >= 11 is 5.45. The standard InChI is InChI=1S/C21H27N3O3S2/c1-15-7-8-16(2)18(13-15)22-21(28)23-19-14-17(9-10-20(19)27-3)29(25,26)24-11-5-4-6-12-24/h7-10,13-14H,4-6,11-12H2,1-3H3,(H2,22,23,28). The van der Waals surface area contributed by atoms with Gasteiger partial charge in [-0.25, -0.2) is 8.42 Å². The molecule has 2 N–H and O–H groups in total. The van der Waals surface area contributed by atoms with E-state index in [-0.39, 0.29) is 4.90 Å². The average Bonchev–Trinajstić information content (AvgIpc) is 2.71. The number of methoxy groups -OCH3 is 1. The first-order chi connectivity index (χ1) is 13.8. The van der Waals surface area contributed by atoms with Crippen LogP contribution in [0.1, 0.15) is 30.4 Å².